The molecule has 2 unspecified atom stereocenters. The molecule has 0 aromatic heterocycles. The van der Waals surface area contributed by atoms with Crippen LogP contribution < -0.4 is 10.5 Å². The second kappa shape index (κ2) is 4.30. The normalized spacial score (nSPS) is 28.8. The highest BCUT2D eigenvalue weighted by Crippen LogP contribution is 2.46. The minimum Gasteiger partial charge on any atom is -0.493 e. The number of guanidine groups is 1. The van der Waals surface area contributed by atoms with E-state index in [2.05, 4.69) is 29.5 Å². The first-order valence-corrected chi connectivity index (χ1v) is 6.61. The number of rotatable bonds is 2. The Kier molecular flexibility index (Phi) is 2.73. The van der Waals surface area contributed by atoms with E-state index in [-0.39, 0.29) is 5.54 Å². The molecular formula is C15H19N3O. The molecule has 0 aliphatic carbocycles. The number of benzene rings is 1. The van der Waals surface area contributed by atoms with Crippen molar-refractivity contribution in [3.8, 4) is 5.75 Å². The van der Waals surface area contributed by atoms with Crippen molar-refractivity contribution in [1.29, 1.82) is 0 Å². The first-order valence-electron chi connectivity index (χ1n) is 6.61. The molecule has 0 fully saturated rings. The highest BCUT2D eigenvalue weighted by atomic mass is 16.5. The second-order valence-electron chi connectivity index (χ2n) is 5.21. The van der Waals surface area contributed by atoms with Crippen LogP contribution in [0.5, 0.6) is 5.75 Å². The van der Waals surface area contributed by atoms with Crippen LogP contribution in [-0.2, 0) is 5.54 Å². The lowest BCUT2D eigenvalue weighted by Gasteiger charge is -2.46. The van der Waals surface area contributed by atoms with Crippen molar-refractivity contribution < 1.29 is 4.74 Å². The van der Waals surface area contributed by atoms with Crippen molar-refractivity contribution in [1.82, 2.24) is 4.90 Å². The van der Waals surface area contributed by atoms with Gasteiger partial charge in [0.25, 0.3) is 0 Å². The summed E-state index contributed by atoms with van der Waals surface area (Å²) in [5.41, 5.74) is 7.07. The number of nitrogens with two attached hydrogens (primary N) is 1. The lowest BCUT2D eigenvalue weighted by Crippen LogP contribution is -2.56. The van der Waals surface area contributed by atoms with E-state index in [1.165, 1.54) is 5.56 Å². The van der Waals surface area contributed by atoms with Gasteiger partial charge in [0.05, 0.1) is 18.7 Å². The molecule has 2 atom stereocenters. The highest BCUT2D eigenvalue weighted by Gasteiger charge is 2.51. The minimum atomic E-state index is -0.187. The summed E-state index contributed by atoms with van der Waals surface area (Å²) in [7, 11) is 0. The molecule has 2 N–H and O–H groups in total. The Morgan fingerprint density at radius 1 is 1.58 bits per heavy atom. The molecule has 3 rings (SSSR count). The second-order valence-corrected chi connectivity index (χ2v) is 5.21. The smallest absolute Gasteiger partial charge is 0.192 e. The molecule has 0 bridgehead atoms. The van der Waals surface area contributed by atoms with Crippen molar-refractivity contribution in [3.05, 3.63) is 42.5 Å². The van der Waals surface area contributed by atoms with Gasteiger partial charge in [0.1, 0.15) is 5.75 Å². The van der Waals surface area contributed by atoms with E-state index >= 15 is 0 Å². The molecule has 1 aromatic rings. The Morgan fingerprint density at radius 3 is 3.16 bits per heavy atom. The molecule has 2 aliphatic heterocycles. The molecule has 4 heteroatoms. The maximum atomic E-state index is 6.08. The van der Waals surface area contributed by atoms with Gasteiger partial charge in [0.15, 0.2) is 5.96 Å². The number of para-hydroxylation sites is 1. The first kappa shape index (κ1) is 12.1. The van der Waals surface area contributed by atoms with Crippen LogP contribution in [-0.4, -0.2) is 30.6 Å². The van der Waals surface area contributed by atoms with Gasteiger partial charge in [-0.3, -0.25) is 4.99 Å². The predicted molar refractivity (Wildman–Crippen MR) is 76.2 cm³/mol. The molecule has 19 heavy (non-hydrogen) atoms. The van der Waals surface area contributed by atoms with Gasteiger partial charge in [-0.25, -0.2) is 0 Å². The summed E-state index contributed by atoms with van der Waals surface area (Å²) in [6.07, 6.45) is 1.88. The van der Waals surface area contributed by atoms with Gasteiger partial charge in [-0.2, -0.15) is 0 Å². The summed E-state index contributed by atoms with van der Waals surface area (Å²) < 4.78 is 5.84. The lowest BCUT2D eigenvalue weighted by molar-refractivity contribution is 0.0662. The van der Waals surface area contributed by atoms with E-state index in [1.807, 2.05) is 24.3 Å². The van der Waals surface area contributed by atoms with Crippen molar-refractivity contribution in [2.45, 2.75) is 12.5 Å². The van der Waals surface area contributed by atoms with Crippen LogP contribution in [0.25, 0.3) is 0 Å². The monoisotopic (exact) mass is 257 g/mol. The average molecular weight is 257 g/mol. The van der Waals surface area contributed by atoms with E-state index in [9.17, 15) is 0 Å². The number of hydrogen-bond acceptors (Lipinski definition) is 4. The number of fused-ring (bicyclic) bond motifs is 2. The Morgan fingerprint density at radius 2 is 2.37 bits per heavy atom. The summed E-state index contributed by atoms with van der Waals surface area (Å²) >= 11 is 0. The van der Waals surface area contributed by atoms with Crippen LogP contribution in [0.2, 0.25) is 0 Å². The van der Waals surface area contributed by atoms with E-state index in [0.717, 1.165) is 5.75 Å². The summed E-state index contributed by atoms with van der Waals surface area (Å²) in [5.74, 6) is 1.87. The summed E-state index contributed by atoms with van der Waals surface area (Å²) in [6.45, 7) is 8.11. The zero-order valence-corrected chi connectivity index (χ0v) is 11.2. The zero-order chi connectivity index (χ0) is 13.5. The molecule has 2 aliphatic rings. The molecule has 0 saturated heterocycles. The molecular weight excluding hydrogens is 238 g/mol. The molecule has 0 radical (unpaired) electrons. The van der Waals surface area contributed by atoms with Gasteiger partial charge in [-0.15, -0.1) is 6.58 Å². The SMILES string of the molecule is C=CCN1C(N)=NCC12c1ccccc1OCC2C. The van der Waals surface area contributed by atoms with Gasteiger partial charge >= 0.3 is 0 Å². The van der Waals surface area contributed by atoms with Crippen LogP contribution in [0.4, 0.5) is 0 Å². The van der Waals surface area contributed by atoms with E-state index in [1.54, 1.807) is 0 Å². The molecule has 2 heterocycles. The standard InChI is InChI=1S/C15H19N3O/c1-3-8-18-14(16)17-10-15(18)11(2)9-19-13-7-5-4-6-12(13)15/h3-7,11H,1,8-10H2,2H3,(H2,16,17). The maximum absolute atomic E-state index is 6.08. The quantitative estimate of drug-likeness (QED) is 0.821. The van der Waals surface area contributed by atoms with Gasteiger partial charge in [0.2, 0.25) is 0 Å². The molecule has 1 spiro atoms. The maximum Gasteiger partial charge on any atom is 0.192 e. The van der Waals surface area contributed by atoms with Crippen LogP contribution in [0.15, 0.2) is 41.9 Å². The molecule has 1 aromatic carbocycles. The molecule has 4 nitrogen and oxygen atoms in total. The third-order valence-corrected chi connectivity index (χ3v) is 4.21. The predicted octanol–water partition coefficient (Wildman–Crippen LogP) is 1.73. The Bertz CT molecular complexity index is 540. The third-order valence-electron chi connectivity index (χ3n) is 4.21. The molecule has 100 valence electrons. The number of ether oxygens (including phenoxy) is 1. The van der Waals surface area contributed by atoms with Gasteiger partial charge < -0.3 is 15.4 Å². The fraction of sp³-hybridized carbons (Fsp3) is 0.400. The average Bonchev–Trinajstić information content (AvgIpc) is 2.75. The van der Waals surface area contributed by atoms with Gasteiger partial charge in [-0.1, -0.05) is 31.2 Å². The topological polar surface area (TPSA) is 50.8 Å². The van der Waals surface area contributed by atoms with E-state index in [0.29, 0.717) is 31.6 Å². The van der Waals surface area contributed by atoms with Crippen molar-refractivity contribution in [3.63, 3.8) is 0 Å². The van der Waals surface area contributed by atoms with Crippen LogP contribution in [0.1, 0.15) is 12.5 Å². The largest absolute Gasteiger partial charge is 0.493 e. The van der Waals surface area contributed by atoms with E-state index < -0.39 is 0 Å². The Hall–Kier alpha value is -1.97. The van der Waals surface area contributed by atoms with Crippen LogP contribution in [0, 0.1) is 5.92 Å². The fourth-order valence-electron chi connectivity index (χ4n) is 3.18. The van der Waals surface area contributed by atoms with E-state index in [4.69, 9.17) is 10.5 Å². The first-order chi connectivity index (χ1) is 9.20. The van der Waals surface area contributed by atoms with Crippen molar-refractivity contribution in [2.75, 3.05) is 19.7 Å². The molecule has 0 amide bonds. The van der Waals surface area contributed by atoms with Crippen molar-refractivity contribution in [2.24, 2.45) is 16.6 Å². The van der Waals surface area contributed by atoms with Crippen LogP contribution in [0.3, 0.4) is 0 Å². The van der Waals surface area contributed by atoms with Gasteiger partial charge in [0, 0.05) is 18.0 Å². The lowest BCUT2D eigenvalue weighted by atomic mass is 9.76. The number of aliphatic imine (C=N–C) groups is 1. The summed E-state index contributed by atoms with van der Waals surface area (Å²) in [5, 5.41) is 0. The third kappa shape index (κ3) is 1.56. The Labute approximate surface area is 113 Å². The molecule has 0 saturated carbocycles. The fourth-order valence-corrected chi connectivity index (χ4v) is 3.18. The van der Waals surface area contributed by atoms with Crippen LogP contribution >= 0.6 is 0 Å². The number of nitrogens with zero attached hydrogens (tertiary/aromatic N) is 2. The summed E-state index contributed by atoms with van der Waals surface area (Å²) in [6, 6.07) is 8.18. The number of hydrogen-bond donors (Lipinski definition) is 1. The van der Waals surface area contributed by atoms with Crippen molar-refractivity contribution >= 4 is 5.96 Å². The highest BCUT2D eigenvalue weighted by molar-refractivity contribution is 5.82. The summed E-state index contributed by atoms with van der Waals surface area (Å²) in [4.78, 5) is 6.64. The van der Waals surface area contributed by atoms with Gasteiger partial charge in [-0.05, 0) is 6.07 Å². The Balaban J connectivity index is 2.14. The zero-order valence-electron chi connectivity index (χ0n) is 11.2. The minimum absolute atomic E-state index is 0.187.